The van der Waals surface area contributed by atoms with E-state index >= 15 is 0 Å². The van der Waals surface area contributed by atoms with Crippen LogP contribution in [0.3, 0.4) is 0 Å². The predicted octanol–water partition coefficient (Wildman–Crippen LogP) is 4.15. The number of aliphatic hydroxyl groups excluding tert-OH is 2. The van der Waals surface area contributed by atoms with Gasteiger partial charge in [0.2, 0.25) is 23.4 Å². The number of nitrogens with one attached hydrogen (secondary N) is 2. The van der Waals surface area contributed by atoms with Crippen LogP contribution in [-0.2, 0) is 33.4 Å². The van der Waals surface area contributed by atoms with Gasteiger partial charge in [-0.15, -0.1) is 0 Å². The van der Waals surface area contributed by atoms with Crippen molar-refractivity contribution in [2.45, 2.75) is 103 Å². The summed E-state index contributed by atoms with van der Waals surface area (Å²) in [7, 11) is 1.45. The van der Waals surface area contributed by atoms with Crippen molar-refractivity contribution in [3.8, 4) is 0 Å². The number of amides is 2. The van der Waals surface area contributed by atoms with Gasteiger partial charge in [0.1, 0.15) is 17.9 Å². The van der Waals surface area contributed by atoms with Crippen LogP contribution in [0, 0.1) is 11.8 Å². The summed E-state index contributed by atoms with van der Waals surface area (Å²) in [5.41, 5.74) is 0.264. The minimum absolute atomic E-state index is 0.0375. The minimum Gasteiger partial charge on any atom is -0.505 e. The van der Waals surface area contributed by atoms with Gasteiger partial charge in [0.25, 0.3) is 0 Å². The van der Waals surface area contributed by atoms with Crippen LogP contribution in [-0.4, -0.2) is 71.0 Å². The Morgan fingerprint density at radius 1 is 1.06 bits per heavy atom. The maximum absolute atomic E-state index is 13.2. The molecule has 1 saturated carbocycles. The maximum atomic E-state index is 13.2. The maximum Gasteiger partial charge on any atom is 0.328 e. The molecule has 0 unspecified atom stereocenters. The highest BCUT2D eigenvalue weighted by Gasteiger charge is 2.33. The van der Waals surface area contributed by atoms with Gasteiger partial charge in [-0.2, -0.15) is 0 Å². The highest BCUT2D eigenvalue weighted by Crippen LogP contribution is 2.27. The van der Waals surface area contributed by atoms with Gasteiger partial charge < -0.3 is 30.3 Å². The van der Waals surface area contributed by atoms with E-state index in [-0.39, 0.29) is 48.8 Å². The second kappa shape index (κ2) is 18.3. The van der Waals surface area contributed by atoms with Crippen molar-refractivity contribution in [3.05, 3.63) is 71.2 Å². The van der Waals surface area contributed by atoms with Gasteiger partial charge >= 0.3 is 5.97 Å². The van der Waals surface area contributed by atoms with Crippen LogP contribution in [0.5, 0.6) is 0 Å². The van der Waals surface area contributed by atoms with Crippen LogP contribution >= 0.6 is 0 Å². The fourth-order valence-corrected chi connectivity index (χ4v) is 5.81. The van der Waals surface area contributed by atoms with Crippen LogP contribution in [0.2, 0.25) is 0 Å². The first-order valence-corrected chi connectivity index (χ1v) is 16.3. The van der Waals surface area contributed by atoms with Crippen LogP contribution in [0.25, 0.3) is 0 Å². The Bertz CT molecular complexity index is 1360. The number of hydrogen-bond donors (Lipinski definition) is 4. The third kappa shape index (κ3) is 11.0. The van der Waals surface area contributed by atoms with E-state index < -0.39 is 59.5 Å². The Hall–Kier alpha value is -4.09. The van der Waals surface area contributed by atoms with E-state index in [4.69, 9.17) is 9.47 Å². The minimum atomic E-state index is -0.907. The fraction of sp³-hybridized carbons (Fsp3) is 0.528. The van der Waals surface area contributed by atoms with E-state index in [1.54, 1.807) is 63.3 Å². The molecule has 0 spiro atoms. The first-order valence-electron chi connectivity index (χ1n) is 16.3. The topological polar surface area (TPSA) is 168 Å². The molecule has 256 valence electrons. The quantitative estimate of drug-likeness (QED) is 0.148. The summed E-state index contributed by atoms with van der Waals surface area (Å²) in [5, 5.41) is 27.2. The lowest BCUT2D eigenvalue weighted by molar-refractivity contribution is -0.155. The first kappa shape index (κ1) is 37.4. The number of allylic oxidation sites excluding steroid dienone is 7. The van der Waals surface area contributed by atoms with Gasteiger partial charge in [0.15, 0.2) is 0 Å². The molecule has 2 amide bonds. The summed E-state index contributed by atoms with van der Waals surface area (Å²) in [6.07, 6.45) is 15.6. The van der Waals surface area contributed by atoms with Crippen molar-refractivity contribution in [3.63, 3.8) is 0 Å². The molecular weight excluding hydrogens is 604 g/mol. The molecule has 1 aliphatic heterocycles. The lowest BCUT2D eigenvalue weighted by Gasteiger charge is -2.30. The number of Topliss-reactive ketones (excluding diaryl/α,β-unsaturated/α-hetero) is 1. The number of fused-ring (bicyclic) bond motifs is 1. The smallest absolute Gasteiger partial charge is 0.328 e. The lowest BCUT2D eigenvalue weighted by Crippen LogP contribution is -2.45. The Kier molecular flexibility index (Phi) is 14.6. The Morgan fingerprint density at radius 2 is 1.77 bits per heavy atom. The first-order chi connectivity index (χ1) is 22.4. The summed E-state index contributed by atoms with van der Waals surface area (Å²) < 4.78 is 11.3. The average molecular weight is 653 g/mol. The second-order valence-electron chi connectivity index (χ2n) is 12.4. The third-order valence-electron chi connectivity index (χ3n) is 8.78. The summed E-state index contributed by atoms with van der Waals surface area (Å²) in [5.74, 6) is -4.27. The molecule has 1 fully saturated rings. The zero-order chi connectivity index (χ0) is 34.5. The summed E-state index contributed by atoms with van der Waals surface area (Å²) in [6, 6.07) is -0.907. The van der Waals surface area contributed by atoms with Crippen molar-refractivity contribution < 1.29 is 43.7 Å². The predicted molar refractivity (Wildman–Crippen MR) is 176 cm³/mol. The largest absolute Gasteiger partial charge is 0.505 e. The van der Waals surface area contributed by atoms with Gasteiger partial charge in [-0.1, -0.05) is 68.7 Å². The SMILES string of the molecule is CO[C@H]1/C=C/C=C/C=C/C[C@H](O)[C@H](C)[C@@H](OC(=O)[C@@H](C)NC(=O)C2CCCCC2)/C(C)=C\CCC2=C(O)C(=CC(=O)C2=O)NC(=O)C1. The Labute approximate surface area is 276 Å². The molecule has 5 atom stereocenters. The zero-order valence-corrected chi connectivity index (χ0v) is 27.7. The average Bonchev–Trinajstić information content (AvgIpc) is 3.05. The lowest BCUT2D eigenvalue weighted by atomic mass is 9.88. The van der Waals surface area contributed by atoms with Gasteiger partial charge in [-0.25, -0.2) is 4.79 Å². The Balaban J connectivity index is 1.87. The van der Waals surface area contributed by atoms with Crippen molar-refractivity contribution >= 4 is 29.4 Å². The third-order valence-corrected chi connectivity index (χ3v) is 8.78. The van der Waals surface area contributed by atoms with E-state index in [2.05, 4.69) is 10.6 Å². The number of aliphatic hydroxyl groups is 2. The molecule has 0 radical (unpaired) electrons. The zero-order valence-electron chi connectivity index (χ0n) is 27.7. The van der Waals surface area contributed by atoms with Crippen molar-refractivity contribution in [1.82, 2.24) is 10.6 Å². The Morgan fingerprint density at radius 3 is 2.47 bits per heavy atom. The van der Waals surface area contributed by atoms with Gasteiger partial charge in [0.05, 0.1) is 24.3 Å². The van der Waals surface area contributed by atoms with Crippen molar-refractivity contribution in [2.75, 3.05) is 7.11 Å². The number of ketones is 2. The summed E-state index contributed by atoms with van der Waals surface area (Å²) in [6.45, 7) is 5.06. The van der Waals surface area contributed by atoms with Crippen LogP contribution in [0.4, 0.5) is 0 Å². The second-order valence-corrected chi connectivity index (χ2v) is 12.4. The molecule has 2 aliphatic carbocycles. The molecule has 11 heteroatoms. The van der Waals surface area contributed by atoms with E-state index in [0.29, 0.717) is 5.57 Å². The number of carbonyl (C=O) groups is 5. The standard InChI is InChI=1S/C36H48N2O9/c1-22-14-13-18-27-32(42)28(21-30(40)33(27)43)38-31(41)20-26(46-4)17-11-6-5-7-12-19-29(39)23(2)34(22)47-36(45)24(3)37-35(44)25-15-9-8-10-16-25/h5-7,11-12,14,17,21,23-26,29,34,39,42H,8-10,13,15-16,18-20H2,1-4H3,(H,37,44)(H,38,41)/b6-5+,12-7+,17-11+,22-14-/t23-,24+,26-,29-,34-/m0/s1. The van der Waals surface area contributed by atoms with E-state index in [9.17, 15) is 34.2 Å². The molecule has 2 bridgehead atoms. The van der Waals surface area contributed by atoms with Gasteiger partial charge in [-0.3, -0.25) is 19.2 Å². The summed E-state index contributed by atoms with van der Waals surface area (Å²) in [4.78, 5) is 63.9. The molecule has 4 N–H and O–H groups in total. The number of esters is 1. The van der Waals surface area contributed by atoms with Crippen molar-refractivity contribution in [1.29, 1.82) is 0 Å². The van der Waals surface area contributed by atoms with Crippen LogP contribution in [0.1, 0.15) is 78.6 Å². The van der Waals surface area contributed by atoms with Gasteiger partial charge in [0, 0.05) is 30.6 Å². The number of rotatable bonds is 5. The van der Waals surface area contributed by atoms with E-state index in [1.165, 1.54) is 7.11 Å². The molecule has 1 heterocycles. The highest BCUT2D eigenvalue weighted by atomic mass is 16.5. The molecule has 11 nitrogen and oxygen atoms in total. The number of hydrogen-bond acceptors (Lipinski definition) is 9. The number of carbonyl (C=O) groups excluding carboxylic acids is 5. The van der Waals surface area contributed by atoms with Gasteiger partial charge in [-0.05, 0) is 51.5 Å². The number of methoxy groups -OCH3 is 1. The van der Waals surface area contributed by atoms with Crippen LogP contribution < -0.4 is 10.6 Å². The molecule has 3 aliphatic rings. The van der Waals surface area contributed by atoms with E-state index in [1.807, 2.05) is 0 Å². The fourth-order valence-electron chi connectivity index (χ4n) is 5.81. The molecule has 47 heavy (non-hydrogen) atoms. The molecule has 0 aromatic heterocycles. The molecule has 0 aromatic carbocycles. The number of ether oxygens (including phenoxy) is 2. The highest BCUT2D eigenvalue weighted by molar-refractivity contribution is 6.48. The molecule has 3 rings (SSSR count). The van der Waals surface area contributed by atoms with Crippen LogP contribution in [0.15, 0.2) is 71.2 Å². The molecule has 0 saturated heterocycles. The molecular formula is C36H48N2O9. The van der Waals surface area contributed by atoms with Crippen molar-refractivity contribution in [2.24, 2.45) is 11.8 Å². The van der Waals surface area contributed by atoms with E-state index in [0.717, 1.165) is 38.2 Å². The monoisotopic (exact) mass is 652 g/mol. The normalized spacial score (nSPS) is 29.6. The summed E-state index contributed by atoms with van der Waals surface area (Å²) >= 11 is 0. The molecule has 0 aromatic rings.